The highest BCUT2D eigenvalue weighted by Crippen LogP contribution is 2.42. The Kier molecular flexibility index (Phi) is 3.49. The maximum atomic E-state index is 12.4. The number of fused-ring (bicyclic) bond motifs is 3. The molecule has 4 nitrogen and oxygen atoms in total. The minimum Gasteiger partial charge on any atom is -0.465 e. The van der Waals surface area contributed by atoms with Crippen molar-refractivity contribution in [3.05, 3.63) is 64.0 Å². The summed E-state index contributed by atoms with van der Waals surface area (Å²) in [5.41, 5.74) is 9.06. The molecule has 0 fully saturated rings. The largest absolute Gasteiger partial charge is 0.465 e. The van der Waals surface area contributed by atoms with E-state index in [4.69, 9.17) is 9.26 Å². The van der Waals surface area contributed by atoms with Crippen LogP contribution in [0.2, 0.25) is 0 Å². The van der Waals surface area contributed by atoms with Crippen molar-refractivity contribution in [3.63, 3.8) is 0 Å². The lowest BCUT2D eigenvalue weighted by atomic mass is 9.93. The van der Waals surface area contributed by atoms with Crippen molar-refractivity contribution in [2.75, 3.05) is 7.11 Å². The van der Waals surface area contributed by atoms with Crippen molar-refractivity contribution in [3.8, 4) is 22.3 Å². The molecule has 1 heterocycles. The lowest BCUT2D eigenvalue weighted by molar-refractivity contribution is 0.0600. The maximum Gasteiger partial charge on any atom is 0.338 e. The van der Waals surface area contributed by atoms with Gasteiger partial charge in [0, 0.05) is 5.56 Å². The van der Waals surface area contributed by atoms with Gasteiger partial charge in [0.25, 0.3) is 0 Å². The fraction of sp³-hybridized carbons (Fsp3) is 0.238. The van der Waals surface area contributed by atoms with Gasteiger partial charge in [0.1, 0.15) is 5.76 Å². The molecule has 0 spiro atoms. The zero-order valence-corrected chi connectivity index (χ0v) is 14.8. The van der Waals surface area contributed by atoms with E-state index in [0.29, 0.717) is 5.56 Å². The predicted octanol–water partition coefficient (Wildman–Crippen LogP) is 4.62. The molecule has 1 aliphatic rings. The van der Waals surface area contributed by atoms with E-state index in [2.05, 4.69) is 36.3 Å². The summed E-state index contributed by atoms with van der Waals surface area (Å²) in [6.07, 6.45) is 0.747. The number of carbonyl (C=O) groups is 1. The molecule has 2 aromatic carbocycles. The molecular formula is C21H19NO3. The average molecular weight is 333 g/mol. The van der Waals surface area contributed by atoms with Crippen LogP contribution in [0.1, 0.15) is 38.5 Å². The predicted molar refractivity (Wildman–Crippen MR) is 95.7 cm³/mol. The van der Waals surface area contributed by atoms with Crippen molar-refractivity contribution in [2.24, 2.45) is 0 Å². The standard InChI is InChI=1S/C21H19NO3/c1-11-5-6-14-8-18-17(16(14)7-11)9-15(10-19(18)21(23)24-4)20-12(2)22-25-13(20)3/h5-7,9-10H,8H2,1-4H3. The highest BCUT2D eigenvalue weighted by molar-refractivity contribution is 5.98. The second-order valence-electron chi connectivity index (χ2n) is 6.58. The van der Waals surface area contributed by atoms with Gasteiger partial charge in [-0.15, -0.1) is 0 Å². The summed E-state index contributed by atoms with van der Waals surface area (Å²) in [6, 6.07) is 10.5. The van der Waals surface area contributed by atoms with Crippen LogP contribution in [0.25, 0.3) is 22.3 Å². The lowest BCUT2D eigenvalue weighted by Gasteiger charge is -2.11. The third kappa shape index (κ3) is 2.37. The first kappa shape index (κ1) is 15.6. The smallest absolute Gasteiger partial charge is 0.338 e. The summed E-state index contributed by atoms with van der Waals surface area (Å²) in [7, 11) is 1.42. The van der Waals surface area contributed by atoms with Gasteiger partial charge in [-0.2, -0.15) is 0 Å². The molecule has 0 saturated heterocycles. The molecule has 0 radical (unpaired) electrons. The number of esters is 1. The fourth-order valence-electron chi connectivity index (χ4n) is 3.72. The Morgan fingerprint density at radius 1 is 1.12 bits per heavy atom. The van der Waals surface area contributed by atoms with E-state index < -0.39 is 0 Å². The molecule has 0 amide bonds. The van der Waals surface area contributed by atoms with Gasteiger partial charge in [0.15, 0.2) is 0 Å². The number of hydrogen-bond donors (Lipinski definition) is 0. The van der Waals surface area contributed by atoms with E-state index >= 15 is 0 Å². The zero-order chi connectivity index (χ0) is 17.7. The summed E-state index contributed by atoms with van der Waals surface area (Å²) in [6.45, 7) is 5.88. The van der Waals surface area contributed by atoms with Gasteiger partial charge < -0.3 is 9.26 Å². The molecule has 25 heavy (non-hydrogen) atoms. The van der Waals surface area contributed by atoms with Crippen LogP contribution in [-0.2, 0) is 11.2 Å². The number of aryl methyl sites for hydroxylation is 3. The van der Waals surface area contributed by atoms with E-state index in [-0.39, 0.29) is 5.97 Å². The van der Waals surface area contributed by atoms with Gasteiger partial charge in [0.2, 0.25) is 0 Å². The number of rotatable bonds is 2. The molecular weight excluding hydrogens is 314 g/mol. The lowest BCUT2D eigenvalue weighted by Crippen LogP contribution is -2.06. The first-order valence-electron chi connectivity index (χ1n) is 8.28. The summed E-state index contributed by atoms with van der Waals surface area (Å²) in [5, 5.41) is 4.05. The molecule has 3 aromatic rings. The molecule has 1 aliphatic carbocycles. The van der Waals surface area contributed by atoms with Gasteiger partial charge in [-0.05, 0) is 67.1 Å². The number of aromatic nitrogens is 1. The number of benzene rings is 2. The normalized spacial score (nSPS) is 12.0. The second-order valence-corrected chi connectivity index (χ2v) is 6.58. The quantitative estimate of drug-likeness (QED) is 0.502. The Bertz CT molecular complexity index is 995. The second kappa shape index (κ2) is 5.59. The van der Waals surface area contributed by atoms with Gasteiger partial charge in [-0.3, -0.25) is 0 Å². The maximum absolute atomic E-state index is 12.4. The Balaban J connectivity index is 2.02. The average Bonchev–Trinajstić information content (AvgIpc) is 3.13. The summed E-state index contributed by atoms with van der Waals surface area (Å²) >= 11 is 0. The van der Waals surface area contributed by atoms with Crippen LogP contribution in [0, 0.1) is 20.8 Å². The number of nitrogens with zero attached hydrogens (tertiary/aromatic N) is 1. The molecule has 126 valence electrons. The van der Waals surface area contributed by atoms with Crippen LogP contribution in [0.3, 0.4) is 0 Å². The third-order valence-electron chi connectivity index (χ3n) is 4.90. The SMILES string of the molecule is COC(=O)c1cc(-c2c(C)noc2C)cc2c1Cc1ccc(C)cc1-2. The molecule has 1 aromatic heterocycles. The first-order valence-corrected chi connectivity index (χ1v) is 8.28. The van der Waals surface area contributed by atoms with Crippen LogP contribution in [0.4, 0.5) is 0 Å². The Labute approximate surface area is 146 Å². The van der Waals surface area contributed by atoms with E-state index in [1.54, 1.807) is 0 Å². The molecule has 0 unspecified atom stereocenters. The van der Waals surface area contributed by atoms with Crippen LogP contribution < -0.4 is 0 Å². The molecule has 4 rings (SSSR count). The van der Waals surface area contributed by atoms with Crippen LogP contribution in [-0.4, -0.2) is 18.2 Å². The van der Waals surface area contributed by atoms with E-state index in [1.807, 2.05) is 19.9 Å². The van der Waals surface area contributed by atoms with Crippen molar-refractivity contribution in [1.82, 2.24) is 5.16 Å². The zero-order valence-electron chi connectivity index (χ0n) is 14.8. The van der Waals surface area contributed by atoms with Crippen molar-refractivity contribution >= 4 is 5.97 Å². The number of methoxy groups -OCH3 is 1. The van der Waals surface area contributed by atoms with Gasteiger partial charge in [0.05, 0.1) is 18.4 Å². The number of carbonyl (C=O) groups excluding carboxylic acids is 1. The van der Waals surface area contributed by atoms with Crippen molar-refractivity contribution in [2.45, 2.75) is 27.2 Å². The number of ether oxygens (including phenoxy) is 1. The Hall–Kier alpha value is -2.88. The molecule has 0 bridgehead atoms. The minimum absolute atomic E-state index is 0.311. The van der Waals surface area contributed by atoms with Crippen molar-refractivity contribution in [1.29, 1.82) is 0 Å². The first-order chi connectivity index (χ1) is 12.0. The Morgan fingerprint density at radius 3 is 2.60 bits per heavy atom. The molecule has 0 N–H and O–H groups in total. The monoisotopic (exact) mass is 333 g/mol. The third-order valence-corrected chi connectivity index (χ3v) is 4.90. The van der Waals surface area contributed by atoms with Crippen LogP contribution in [0.5, 0.6) is 0 Å². The summed E-state index contributed by atoms with van der Waals surface area (Å²) < 4.78 is 10.4. The molecule has 0 atom stereocenters. The minimum atomic E-state index is -0.311. The molecule has 0 aliphatic heterocycles. The highest BCUT2D eigenvalue weighted by Gasteiger charge is 2.27. The topological polar surface area (TPSA) is 52.3 Å². The summed E-state index contributed by atoms with van der Waals surface area (Å²) in [4.78, 5) is 12.4. The van der Waals surface area contributed by atoms with Gasteiger partial charge in [-0.1, -0.05) is 28.9 Å². The van der Waals surface area contributed by atoms with E-state index in [0.717, 1.165) is 40.1 Å². The molecule has 4 heteroatoms. The summed E-state index contributed by atoms with van der Waals surface area (Å²) in [5.74, 6) is 0.435. The van der Waals surface area contributed by atoms with Crippen molar-refractivity contribution < 1.29 is 14.1 Å². The van der Waals surface area contributed by atoms with Gasteiger partial charge in [-0.25, -0.2) is 4.79 Å². The number of hydrogen-bond acceptors (Lipinski definition) is 4. The van der Waals surface area contributed by atoms with E-state index in [9.17, 15) is 4.79 Å². The Morgan fingerprint density at radius 2 is 1.92 bits per heavy atom. The molecule has 0 saturated carbocycles. The van der Waals surface area contributed by atoms with Crippen LogP contribution >= 0.6 is 0 Å². The fourth-order valence-corrected chi connectivity index (χ4v) is 3.72. The van der Waals surface area contributed by atoms with Gasteiger partial charge >= 0.3 is 5.97 Å². The highest BCUT2D eigenvalue weighted by atomic mass is 16.5. The van der Waals surface area contributed by atoms with Crippen LogP contribution in [0.15, 0.2) is 34.9 Å². The van der Waals surface area contributed by atoms with E-state index in [1.165, 1.54) is 23.8 Å².